The van der Waals surface area contributed by atoms with E-state index in [1.807, 2.05) is 36.4 Å². The quantitative estimate of drug-likeness (QED) is 0.488. The van der Waals surface area contributed by atoms with Crippen LogP contribution in [0, 0.1) is 0 Å². The second kappa shape index (κ2) is 11.1. The van der Waals surface area contributed by atoms with Crippen molar-refractivity contribution in [2.24, 2.45) is 0 Å². The van der Waals surface area contributed by atoms with E-state index in [0.717, 1.165) is 5.56 Å². The Morgan fingerprint density at radius 2 is 1.71 bits per heavy atom. The van der Waals surface area contributed by atoms with Crippen molar-refractivity contribution in [3.63, 3.8) is 0 Å². The molecule has 1 heterocycles. The molecule has 0 fully saturated rings. The molecule has 8 nitrogen and oxygen atoms in total. The van der Waals surface area contributed by atoms with Gasteiger partial charge in [-0.1, -0.05) is 24.3 Å². The zero-order valence-electron chi connectivity index (χ0n) is 19.8. The van der Waals surface area contributed by atoms with Crippen LogP contribution in [-0.2, 0) is 27.5 Å². The van der Waals surface area contributed by atoms with E-state index in [0.29, 0.717) is 17.9 Å². The van der Waals surface area contributed by atoms with Crippen LogP contribution in [0.5, 0.6) is 0 Å². The molecule has 2 N–H and O–H groups in total. The second-order valence-electron chi connectivity index (χ2n) is 8.57. The van der Waals surface area contributed by atoms with E-state index >= 15 is 0 Å². The number of carbonyl (C=O) groups is 2. The molecule has 0 aliphatic carbocycles. The summed E-state index contributed by atoms with van der Waals surface area (Å²) in [5.74, 6) is -0.870. The number of rotatable bonds is 9. The Morgan fingerprint density at radius 3 is 2.29 bits per heavy atom. The number of hydrogen-bond acceptors (Lipinski definition) is 5. The van der Waals surface area contributed by atoms with E-state index in [4.69, 9.17) is 4.74 Å². The maximum absolute atomic E-state index is 13.2. The third-order valence-electron chi connectivity index (χ3n) is 5.13. The van der Waals surface area contributed by atoms with Gasteiger partial charge < -0.3 is 15.4 Å². The minimum Gasteiger partial charge on any atom is -0.380 e. The van der Waals surface area contributed by atoms with Gasteiger partial charge in [0.1, 0.15) is 12.6 Å². The number of ether oxygens (including phenoxy) is 1. The summed E-state index contributed by atoms with van der Waals surface area (Å²) in [5.41, 5.74) is 1.84. The molecular formula is C25H30N4O4S. The summed E-state index contributed by atoms with van der Waals surface area (Å²) < 4.78 is 6.32. The van der Waals surface area contributed by atoms with Crippen LogP contribution in [0.1, 0.15) is 17.2 Å². The van der Waals surface area contributed by atoms with Crippen molar-refractivity contribution in [3.05, 3.63) is 88.6 Å². The van der Waals surface area contributed by atoms with Gasteiger partial charge in [0.05, 0.1) is 12.9 Å². The minimum atomic E-state index is -0.954. The first-order valence-corrected chi connectivity index (χ1v) is 13.5. The molecule has 1 atom stereocenters. The van der Waals surface area contributed by atoms with Gasteiger partial charge in [-0.25, -0.2) is 15.0 Å². The summed E-state index contributed by atoms with van der Waals surface area (Å²) in [6.07, 6.45) is 9.25. The Bertz CT molecular complexity index is 1190. The number of carbonyl (C=O) groups excluding carboxylic acids is 2. The average Bonchev–Trinajstić information content (AvgIpc) is 2.79. The Morgan fingerprint density at radius 1 is 1.03 bits per heavy atom. The number of nitrogens with one attached hydrogen (secondary N) is 2. The molecule has 3 rings (SSSR count). The Labute approximate surface area is 200 Å². The average molecular weight is 483 g/mol. The number of methoxy groups -OCH3 is 1. The largest absolute Gasteiger partial charge is 0.380 e. The lowest BCUT2D eigenvalue weighted by Crippen LogP contribution is -2.40. The number of amides is 2. The lowest BCUT2D eigenvalue weighted by Gasteiger charge is -2.26. The molecule has 1 unspecified atom stereocenters. The van der Waals surface area contributed by atoms with Crippen molar-refractivity contribution < 1.29 is 14.3 Å². The predicted octanol–water partition coefficient (Wildman–Crippen LogP) is 2.94. The molecule has 0 saturated carbocycles. The molecule has 2 aromatic carbocycles. The lowest BCUT2D eigenvalue weighted by atomic mass is 10.0. The molecular weight excluding hydrogens is 452 g/mol. The molecule has 180 valence electrons. The summed E-state index contributed by atoms with van der Waals surface area (Å²) in [6, 6.07) is 15.3. The molecule has 9 heteroatoms. The van der Waals surface area contributed by atoms with Crippen LogP contribution in [0.4, 0.5) is 5.69 Å². The third kappa shape index (κ3) is 6.79. The van der Waals surface area contributed by atoms with Gasteiger partial charge in [0, 0.05) is 25.1 Å². The molecule has 0 radical (unpaired) electrons. The van der Waals surface area contributed by atoms with E-state index in [2.05, 4.69) is 34.4 Å². The van der Waals surface area contributed by atoms with Gasteiger partial charge in [-0.15, -0.1) is 0 Å². The number of nitrogens with zero attached hydrogens (tertiary/aromatic N) is 2. The van der Waals surface area contributed by atoms with Crippen molar-refractivity contribution in [2.45, 2.75) is 24.1 Å². The summed E-state index contributed by atoms with van der Waals surface area (Å²) in [6.45, 7) is 0.191. The van der Waals surface area contributed by atoms with Crippen LogP contribution in [0.2, 0.25) is 0 Å². The third-order valence-corrected chi connectivity index (χ3v) is 6.81. The van der Waals surface area contributed by atoms with E-state index < -0.39 is 22.0 Å². The standard InChI is InChI=1S/C25H30N4O4S/c1-33-16-18-5-7-19(8-6-18)24(28-22(30)15-29-17-26-14-13-23(29)31)25(32)27-20-9-11-21(12-10-20)34(2,3)4/h5-14,17,24H,15-16H2,1-4H3,(H,27,32)(H,28,30). The number of benzene rings is 2. The van der Waals surface area contributed by atoms with Crippen LogP contribution >= 0.6 is 10.0 Å². The van der Waals surface area contributed by atoms with E-state index in [1.165, 1.54) is 28.1 Å². The van der Waals surface area contributed by atoms with Crippen molar-refractivity contribution in [1.29, 1.82) is 0 Å². The highest BCUT2D eigenvalue weighted by atomic mass is 32.3. The fourth-order valence-corrected chi connectivity index (χ4v) is 4.25. The first-order chi connectivity index (χ1) is 16.2. The van der Waals surface area contributed by atoms with Crippen molar-refractivity contribution in [2.75, 3.05) is 31.2 Å². The first kappa shape index (κ1) is 25.2. The maximum atomic E-state index is 13.2. The number of aromatic nitrogens is 2. The van der Waals surface area contributed by atoms with E-state index in [-0.39, 0.29) is 18.0 Å². The van der Waals surface area contributed by atoms with Gasteiger partial charge in [0.2, 0.25) is 5.91 Å². The van der Waals surface area contributed by atoms with Crippen LogP contribution < -0.4 is 16.2 Å². The molecule has 0 aliphatic rings. The highest BCUT2D eigenvalue weighted by Crippen LogP contribution is 2.45. The summed E-state index contributed by atoms with van der Waals surface area (Å²) in [7, 11) is 0.730. The van der Waals surface area contributed by atoms with E-state index in [1.54, 1.807) is 19.2 Å². The first-order valence-electron chi connectivity index (χ1n) is 10.6. The summed E-state index contributed by atoms with van der Waals surface area (Å²) in [4.78, 5) is 43.0. The highest BCUT2D eigenvalue weighted by Gasteiger charge is 2.23. The topological polar surface area (TPSA) is 102 Å². The van der Waals surface area contributed by atoms with Gasteiger partial charge in [-0.3, -0.25) is 19.0 Å². The Hall–Kier alpha value is -3.43. The van der Waals surface area contributed by atoms with Gasteiger partial charge >= 0.3 is 0 Å². The number of hydrogen-bond donors (Lipinski definition) is 2. The van der Waals surface area contributed by atoms with Crippen LogP contribution in [0.3, 0.4) is 0 Å². The highest BCUT2D eigenvalue weighted by molar-refractivity contribution is 8.32. The van der Waals surface area contributed by atoms with Crippen molar-refractivity contribution in [1.82, 2.24) is 14.9 Å². The summed E-state index contributed by atoms with van der Waals surface area (Å²) in [5, 5.41) is 5.64. The zero-order valence-corrected chi connectivity index (χ0v) is 20.6. The fourth-order valence-electron chi connectivity index (χ4n) is 3.29. The molecule has 0 saturated heterocycles. The van der Waals surface area contributed by atoms with Gasteiger partial charge in [-0.2, -0.15) is 0 Å². The molecule has 0 aliphatic heterocycles. The van der Waals surface area contributed by atoms with Gasteiger partial charge in [0.15, 0.2) is 0 Å². The minimum absolute atomic E-state index is 0.249. The monoisotopic (exact) mass is 482 g/mol. The van der Waals surface area contributed by atoms with Gasteiger partial charge in [0.25, 0.3) is 11.5 Å². The summed E-state index contributed by atoms with van der Waals surface area (Å²) >= 11 is 0. The predicted molar refractivity (Wildman–Crippen MR) is 135 cm³/mol. The van der Waals surface area contributed by atoms with Crippen molar-refractivity contribution in [3.8, 4) is 0 Å². The molecule has 0 bridgehead atoms. The molecule has 34 heavy (non-hydrogen) atoms. The molecule has 2 amide bonds. The smallest absolute Gasteiger partial charge is 0.253 e. The van der Waals surface area contributed by atoms with Gasteiger partial charge in [-0.05, 0) is 59.1 Å². The van der Waals surface area contributed by atoms with Crippen LogP contribution in [0.15, 0.2) is 76.8 Å². The zero-order chi connectivity index (χ0) is 24.7. The lowest BCUT2D eigenvalue weighted by molar-refractivity contribution is -0.127. The second-order valence-corrected chi connectivity index (χ2v) is 12.7. The Kier molecular flexibility index (Phi) is 8.25. The Balaban J connectivity index is 1.81. The van der Waals surface area contributed by atoms with E-state index in [9.17, 15) is 14.4 Å². The maximum Gasteiger partial charge on any atom is 0.253 e. The molecule has 3 aromatic rings. The molecule has 0 spiro atoms. The van der Waals surface area contributed by atoms with Crippen LogP contribution in [-0.4, -0.2) is 47.2 Å². The molecule has 1 aromatic heterocycles. The fraction of sp³-hybridized carbons (Fsp3) is 0.280. The normalized spacial score (nSPS) is 12.6. The SMILES string of the molecule is COCc1ccc(C(NC(=O)Cn2cnccc2=O)C(=O)Nc2ccc(S(C)(C)C)cc2)cc1. The number of anilines is 1. The van der Waals surface area contributed by atoms with Crippen molar-refractivity contribution >= 4 is 27.5 Å². The van der Waals surface area contributed by atoms with Crippen LogP contribution in [0.25, 0.3) is 0 Å².